The fraction of sp³-hybridized carbons (Fsp3) is 0.480. The molecule has 1 N–H and O–H groups in total. The third kappa shape index (κ3) is 8.71. The second-order valence-corrected chi connectivity index (χ2v) is 7.94. The molecular weight excluding hydrogens is 348 g/mol. The van der Waals surface area contributed by atoms with Crippen LogP contribution in [0.4, 0.5) is 0 Å². The minimum absolute atomic E-state index is 0.0441. The predicted molar refractivity (Wildman–Crippen MR) is 116 cm³/mol. The summed E-state index contributed by atoms with van der Waals surface area (Å²) >= 11 is 0. The number of ether oxygens (including phenoxy) is 1. The summed E-state index contributed by atoms with van der Waals surface area (Å²) in [5, 5.41) is 9.16. The molecule has 0 unspecified atom stereocenters. The monoisotopic (exact) mass is 384 g/mol. The quantitative estimate of drug-likeness (QED) is 0.639. The first-order valence-corrected chi connectivity index (χ1v) is 10.2. The van der Waals surface area contributed by atoms with Crippen LogP contribution in [-0.2, 0) is 22.4 Å². The van der Waals surface area contributed by atoms with Gasteiger partial charge in [0.05, 0.1) is 13.0 Å². The molecule has 0 aliphatic carbocycles. The topological polar surface area (TPSA) is 46.5 Å². The van der Waals surface area contributed by atoms with Crippen molar-refractivity contribution in [2.24, 2.45) is 23.7 Å². The fourth-order valence-electron chi connectivity index (χ4n) is 3.04. The van der Waals surface area contributed by atoms with E-state index in [2.05, 4.69) is 26.0 Å². The van der Waals surface area contributed by atoms with E-state index in [4.69, 9.17) is 9.84 Å². The molecule has 2 aromatic rings. The van der Waals surface area contributed by atoms with E-state index in [1.807, 2.05) is 62.4 Å². The summed E-state index contributed by atoms with van der Waals surface area (Å²) in [6.07, 6.45) is 1.74. The molecule has 0 saturated heterocycles. The lowest BCUT2D eigenvalue weighted by molar-refractivity contribution is -0.146. The van der Waals surface area contributed by atoms with Crippen molar-refractivity contribution in [2.45, 2.75) is 40.5 Å². The van der Waals surface area contributed by atoms with Crippen molar-refractivity contribution in [3.05, 3.63) is 71.8 Å². The van der Waals surface area contributed by atoms with Gasteiger partial charge in [-0.25, -0.2) is 0 Å². The van der Waals surface area contributed by atoms with Crippen LogP contribution in [0.2, 0.25) is 0 Å². The maximum Gasteiger partial charge on any atom is 0.309 e. The Bertz CT molecular complexity index is 650. The van der Waals surface area contributed by atoms with E-state index in [0.29, 0.717) is 17.8 Å². The molecule has 0 bridgehead atoms. The van der Waals surface area contributed by atoms with Crippen LogP contribution in [0.25, 0.3) is 0 Å². The van der Waals surface area contributed by atoms with Crippen molar-refractivity contribution < 1.29 is 14.6 Å². The first kappa shape index (κ1) is 23.9. The van der Waals surface area contributed by atoms with E-state index in [1.165, 1.54) is 18.2 Å². The SMILES string of the molecule is CC(C)[C@@H](CO)Cc1ccccc1.COC(=O)[C@@H](Cc1ccccc1)C(C)C. The summed E-state index contributed by atoms with van der Waals surface area (Å²) in [6, 6.07) is 20.4. The Kier molecular flexibility index (Phi) is 11.2. The number of aliphatic hydroxyl groups is 1. The van der Waals surface area contributed by atoms with Gasteiger partial charge in [0.1, 0.15) is 0 Å². The van der Waals surface area contributed by atoms with Crippen molar-refractivity contribution in [2.75, 3.05) is 13.7 Å². The molecule has 0 heterocycles. The molecule has 0 aliphatic rings. The van der Waals surface area contributed by atoms with Gasteiger partial charge in [-0.2, -0.15) is 0 Å². The van der Waals surface area contributed by atoms with Gasteiger partial charge in [-0.1, -0.05) is 88.4 Å². The molecule has 0 saturated carbocycles. The molecule has 0 fully saturated rings. The molecule has 2 atom stereocenters. The Hall–Kier alpha value is -2.13. The van der Waals surface area contributed by atoms with E-state index in [-0.39, 0.29) is 18.5 Å². The molecule has 0 amide bonds. The number of rotatable bonds is 8. The van der Waals surface area contributed by atoms with Crippen LogP contribution in [0, 0.1) is 23.7 Å². The summed E-state index contributed by atoms with van der Waals surface area (Å²) in [4.78, 5) is 11.5. The highest BCUT2D eigenvalue weighted by Crippen LogP contribution is 2.18. The average molecular weight is 385 g/mol. The average Bonchev–Trinajstić information content (AvgIpc) is 2.71. The Morgan fingerprint density at radius 3 is 1.64 bits per heavy atom. The molecule has 2 aromatic carbocycles. The molecular formula is C25H36O3. The highest BCUT2D eigenvalue weighted by atomic mass is 16.5. The molecule has 0 aromatic heterocycles. The summed E-state index contributed by atoms with van der Waals surface area (Å²) < 4.78 is 4.81. The number of carbonyl (C=O) groups excluding carboxylic acids is 1. The van der Waals surface area contributed by atoms with Gasteiger partial charge in [0, 0.05) is 6.61 Å². The lowest BCUT2D eigenvalue weighted by Crippen LogP contribution is -2.23. The lowest BCUT2D eigenvalue weighted by atomic mass is 9.89. The van der Waals surface area contributed by atoms with Gasteiger partial charge < -0.3 is 9.84 Å². The largest absolute Gasteiger partial charge is 0.469 e. The molecule has 3 heteroatoms. The molecule has 0 aliphatic heterocycles. The van der Waals surface area contributed by atoms with E-state index in [1.54, 1.807) is 0 Å². The van der Waals surface area contributed by atoms with Crippen LogP contribution in [0.1, 0.15) is 38.8 Å². The molecule has 0 radical (unpaired) electrons. The van der Waals surface area contributed by atoms with Gasteiger partial charge in [0.15, 0.2) is 0 Å². The zero-order chi connectivity index (χ0) is 20.9. The third-order valence-electron chi connectivity index (χ3n) is 5.13. The zero-order valence-electron chi connectivity index (χ0n) is 18.0. The first-order chi connectivity index (χ1) is 13.4. The van der Waals surface area contributed by atoms with Crippen molar-refractivity contribution in [1.29, 1.82) is 0 Å². The number of hydrogen-bond donors (Lipinski definition) is 1. The number of aliphatic hydroxyl groups excluding tert-OH is 1. The molecule has 0 spiro atoms. The Labute approximate surface area is 170 Å². The zero-order valence-corrected chi connectivity index (χ0v) is 18.0. The molecule has 2 rings (SSSR count). The second-order valence-electron chi connectivity index (χ2n) is 7.94. The minimum Gasteiger partial charge on any atom is -0.469 e. The molecule has 3 nitrogen and oxygen atoms in total. The van der Waals surface area contributed by atoms with E-state index in [0.717, 1.165) is 12.8 Å². The van der Waals surface area contributed by atoms with Crippen molar-refractivity contribution in [3.63, 3.8) is 0 Å². The van der Waals surface area contributed by atoms with E-state index < -0.39 is 0 Å². The molecule has 154 valence electrons. The van der Waals surface area contributed by atoms with Crippen LogP contribution in [0.5, 0.6) is 0 Å². The maximum atomic E-state index is 11.5. The highest BCUT2D eigenvalue weighted by molar-refractivity contribution is 5.72. The number of methoxy groups -OCH3 is 1. The summed E-state index contributed by atoms with van der Waals surface area (Å²) in [6.45, 7) is 8.69. The Balaban J connectivity index is 0.000000283. The maximum absolute atomic E-state index is 11.5. The van der Waals surface area contributed by atoms with Crippen LogP contribution >= 0.6 is 0 Å². The van der Waals surface area contributed by atoms with Crippen LogP contribution in [-0.4, -0.2) is 24.8 Å². The van der Waals surface area contributed by atoms with E-state index in [9.17, 15) is 4.79 Å². The van der Waals surface area contributed by atoms with E-state index >= 15 is 0 Å². The first-order valence-electron chi connectivity index (χ1n) is 10.2. The van der Waals surface area contributed by atoms with Gasteiger partial charge in [0.2, 0.25) is 0 Å². The Morgan fingerprint density at radius 2 is 1.29 bits per heavy atom. The number of benzene rings is 2. The van der Waals surface area contributed by atoms with Crippen molar-refractivity contribution in [3.8, 4) is 0 Å². The normalized spacial score (nSPS) is 12.9. The lowest BCUT2D eigenvalue weighted by Gasteiger charge is -2.18. The second kappa shape index (κ2) is 13.1. The third-order valence-corrected chi connectivity index (χ3v) is 5.13. The number of esters is 1. The highest BCUT2D eigenvalue weighted by Gasteiger charge is 2.22. The number of hydrogen-bond acceptors (Lipinski definition) is 3. The van der Waals surface area contributed by atoms with Gasteiger partial charge in [0.25, 0.3) is 0 Å². The number of carbonyl (C=O) groups is 1. The van der Waals surface area contributed by atoms with Crippen molar-refractivity contribution >= 4 is 5.97 Å². The van der Waals surface area contributed by atoms with Crippen LogP contribution in [0.15, 0.2) is 60.7 Å². The summed E-state index contributed by atoms with van der Waals surface area (Å²) in [7, 11) is 1.45. The van der Waals surface area contributed by atoms with Crippen LogP contribution < -0.4 is 0 Å². The van der Waals surface area contributed by atoms with Gasteiger partial charge >= 0.3 is 5.97 Å². The van der Waals surface area contributed by atoms with Gasteiger partial charge in [-0.15, -0.1) is 0 Å². The molecule has 28 heavy (non-hydrogen) atoms. The van der Waals surface area contributed by atoms with Gasteiger partial charge in [-0.05, 0) is 41.7 Å². The Morgan fingerprint density at radius 1 is 0.821 bits per heavy atom. The fourth-order valence-corrected chi connectivity index (χ4v) is 3.04. The smallest absolute Gasteiger partial charge is 0.309 e. The standard InChI is InChI=1S/C13H18O2.C12H18O/c1-10(2)12(13(14)15-3)9-11-7-5-4-6-8-11;1-10(2)12(9-13)8-11-6-4-3-5-7-11/h4-8,10,12H,9H2,1-3H3;3-7,10,12-13H,8-9H2,1-2H3/t2*12-/m01/s1. The minimum atomic E-state index is -0.117. The van der Waals surface area contributed by atoms with Gasteiger partial charge in [-0.3, -0.25) is 4.79 Å². The summed E-state index contributed by atoms with van der Waals surface area (Å²) in [5.74, 6) is 1.08. The summed E-state index contributed by atoms with van der Waals surface area (Å²) in [5.41, 5.74) is 2.50. The van der Waals surface area contributed by atoms with Crippen LogP contribution in [0.3, 0.4) is 0 Å². The predicted octanol–water partition coefficient (Wildman–Crippen LogP) is 5.17. The van der Waals surface area contributed by atoms with Crippen molar-refractivity contribution in [1.82, 2.24) is 0 Å².